The molecule has 0 amide bonds. The third-order valence-corrected chi connectivity index (χ3v) is 3.61. The molecule has 8 heteroatoms. The predicted octanol–water partition coefficient (Wildman–Crippen LogP) is 5.57. The lowest BCUT2D eigenvalue weighted by atomic mass is 10.1. The first-order chi connectivity index (χ1) is 13.5. The van der Waals surface area contributed by atoms with Crippen LogP contribution in [0.15, 0.2) is 48.5 Å². The number of halogens is 4. The SMILES string of the molecule is N#Cc1c(F)c(Oc2ccccc2F)c(Oc2ccccc2F)c(F)c1C#N. The number of hydrogen-bond donors (Lipinski definition) is 0. The van der Waals surface area contributed by atoms with Crippen molar-refractivity contribution in [2.45, 2.75) is 0 Å². The van der Waals surface area contributed by atoms with Crippen LogP contribution in [0.2, 0.25) is 0 Å². The normalized spacial score (nSPS) is 10.1. The fraction of sp³-hybridized carbons (Fsp3) is 0. The highest BCUT2D eigenvalue weighted by atomic mass is 19.1. The van der Waals surface area contributed by atoms with E-state index in [1.807, 2.05) is 0 Å². The van der Waals surface area contributed by atoms with Crippen LogP contribution < -0.4 is 9.47 Å². The minimum Gasteiger partial charge on any atom is -0.447 e. The van der Waals surface area contributed by atoms with Crippen LogP contribution in [0, 0.1) is 45.9 Å². The Morgan fingerprint density at radius 2 is 0.964 bits per heavy atom. The fourth-order valence-corrected chi connectivity index (χ4v) is 2.31. The van der Waals surface area contributed by atoms with Gasteiger partial charge in [0, 0.05) is 0 Å². The molecule has 0 spiro atoms. The fourth-order valence-electron chi connectivity index (χ4n) is 2.31. The lowest BCUT2D eigenvalue weighted by molar-refractivity contribution is 0.354. The van der Waals surface area contributed by atoms with Gasteiger partial charge in [-0.05, 0) is 24.3 Å². The van der Waals surface area contributed by atoms with E-state index in [0.717, 1.165) is 24.3 Å². The molecule has 0 atom stereocenters. The quantitative estimate of drug-likeness (QED) is 0.552. The van der Waals surface area contributed by atoms with Crippen molar-refractivity contribution in [3.05, 3.63) is 82.9 Å². The van der Waals surface area contributed by atoms with E-state index >= 15 is 0 Å². The van der Waals surface area contributed by atoms with E-state index in [2.05, 4.69) is 0 Å². The van der Waals surface area contributed by atoms with Crippen molar-refractivity contribution in [3.63, 3.8) is 0 Å². The number of rotatable bonds is 4. The molecule has 0 fully saturated rings. The molecule has 0 radical (unpaired) electrons. The van der Waals surface area contributed by atoms with Crippen LogP contribution >= 0.6 is 0 Å². The Morgan fingerprint density at radius 3 is 1.29 bits per heavy atom. The number of para-hydroxylation sites is 2. The molecule has 4 nitrogen and oxygen atoms in total. The molecule has 0 saturated heterocycles. The van der Waals surface area contributed by atoms with Crippen LogP contribution in [-0.4, -0.2) is 0 Å². The molecule has 3 aromatic carbocycles. The van der Waals surface area contributed by atoms with Crippen molar-refractivity contribution in [3.8, 4) is 35.1 Å². The number of nitrogens with zero attached hydrogens (tertiary/aromatic N) is 2. The predicted molar refractivity (Wildman–Crippen MR) is 88.7 cm³/mol. The largest absolute Gasteiger partial charge is 0.447 e. The molecule has 0 aromatic heterocycles. The van der Waals surface area contributed by atoms with Crippen LogP contribution in [0.5, 0.6) is 23.0 Å². The standard InChI is InChI=1S/C20H8F4N2O2/c21-13-5-1-3-7-15(13)27-19-17(23)11(9-25)12(10-26)18(24)20(19)28-16-8-4-2-6-14(16)22/h1-8H. The van der Waals surface area contributed by atoms with E-state index in [1.165, 1.54) is 36.4 Å². The first-order valence-corrected chi connectivity index (χ1v) is 7.67. The van der Waals surface area contributed by atoms with Crippen LogP contribution in [0.3, 0.4) is 0 Å². The summed E-state index contributed by atoms with van der Waals surface area (Å²) in [6.07, 6.45) is 0. The zero-order chi connectivity index (χ0) is 20.3. The molecule has 0 unspecified atom stereocenters. The monoisotopic (exact) mass is 384 g/mol. The average Bonchev–Trinajstić information content (AvgIpc) is 2.69. The van der Waals surface area contributed by atoms with E-state index in [1.54, 1.807) is 0 Å². The molecule has 0 saturated carbocycles. The second-order valence-electron chi connectivity index (χ2n) is 5.32. The first-order valence-electron chi connectivity index (χ1n) is 7.67. The van der Waals surface area contributed by atoms with Gasteiger partial charge in [0.15, 0.2) is 34.8 Å². The molecule has 0 aliphatic carbocycles. The Kier molecular flexibility index (Phi) is 5.14. The van der Waals surface area contributed by atoms with Gasteiger partial charge >= 0.3 is 0 Å². The molecule has 28 heavy (non-hydrogen) atoms. The van der Waals surface area contributed by atoms with Crippen LogP contribution in [0.1, 0.15) is 11.1 Å². The Bertz CT molecular complexity index is 1060. The van der Waals surface area contributed by atoms with Gasteiger partial charge in [-0.2, -0.15) is 10.5 Å². The molecule has 0 N–H and O–H groups in total. The van der Waals surface area contributed by atoms with Gasteiger partial charge in [-0.25, -0.2) is 17.6 Å². The van der Waals surface area contributed by atoms with Gasteiger partial charge in [0.05, 0.1) is 0 Å². The highest BCUT2D eigenvalue weighted by molar-refractivity contribution is 5.60. The summed E-state index contributed by atoms with van der Waals surface area (Å²) in [6.45, 7) is 0. The van der Waals surface area contributed by atoms with E-state index < -0.39 is 57.4 Å². The molecule has 0 bridgehead atoms. The zero-order valence-electron chi connectivity index (χ0n) is 13.8. The summed E-state index contributed by atoms with van der Waals surface area (Å²) in [5, 5.41) is 18.2. The Morgan fingerprint density at radius 1 is 0.607 bits per heavy atom. The van der Waals surface area contributed by atoms with Gasteiger partial charge < -0.3 is 9.47 Å². The van der Waals surface area contributed by atoms with Gasteiger partial charge in [0.25, 0.3) is 0 Å². The maximum absolute atomic E-state index is 14.8. The minimum atomic E-state index is -1.45. The third-order valence-electron chi connectivity index (χ3n) is 3.61. The average molecular weight is 384 g/mol. The lowest BCUT2D eigenvalue weighted by Crippen LogP contribution is -2.04. The van der Waals surface area contributed by atoms with Crippen molar-refractivity contribution in [2.24, 2.45) is 0 Å². The van der Waals surface area contributed by atoms with Crippen molar-refractivity contribution in [1.82, 2.24) is 0 Å². The van der Waals surface area contributed by atoms with Gasteiger partial charge in [0.1, 0.15) is 23.3 Å². The van der Waals surface area contributed by atoms with Crippen LogP contribution in [0.4, 0.5) is 17.6 Å². The molecule has 138 valence electrons. The van der Waals surface area contributed by atoms with Crippen LogP contribution in [0.25, 0.3) is 0 Å². The Balaban J connectivity index is 2.25. The highest BCUT2D eigenvalue weighted by Gasteiger charge is 2.29. The van der Waals surface area contributed by atoms with Crippen molar-refractivity contribution in [1.29, 1.82) is 10.5 Å². The molecular weight excluding hydrogens is 376 g/mol. The second-order valence-corrected chi connectivity index (χ2v) is 5.32. The van der Waals surface area contributed by atoms with Crippen molar-refractivity contribution >= 4 is 0 Å². The van der Waals surface area contributed by atoms with E-state index in [4.69, 9.17) is 20.0 Å². The smallest absolute Gasteiger partial charge is 0.210 e. The zero-order valence-corrected chi connectivity index (χ0v) is 13.8. The summed E-state index contributed by atoms with van der Waals surface area (Å²) < 4.78 is 67.7. The van der Waals surface area contributed by atoms with Crippen LogP contribution in [-0.2, 0) is 0 Å². The molecular formula is C20H8F4N2O2. The number of ether oxygens (including phenoxy) is 2. The Labute approximate surface area is 156 Å². The molecule has 3 aromatic rings. The first kappa shape index (κ1) is 18.7. The molecule has 3 rings (SSSR count). The second kappa shape index (κ2) is 7.68. The van der Waals surface area contributed by atoms with E-state index in [-0.39, 0.29) is 0 Å². The number of benzene rings is 3. The summed E-state index contributed by atoms with van der Waals surface area (Å²) in [7, 11) is 0. The van der Waals surface area contributed by atoms with Gasteiger partial charge in [-0.1, -0.05) is 24.3 Å². The van der Waals surface area contributed by atoms with Crippen molar-refractivity contribution < 1.29 is 27.0 Å². The summed E-state index contributed by atoms with van der Waals surface area (Å²) in [5.41, 5.74) is -1.90. The van der Waals surface area contributed by atoms with E-state index in [0.29, 0.717) is 0 Å². The summed E-state index contributed by atoms with van der Waals surface area (Å²) in [5.74, 6) is -7.68. The maximum Gasteiger partial charge on any atom is 0.210 e. The Hall–Kier alpha value is -4.04. The third kappa shape index (κ3) is 3.31. The molecule has 0 aliphatic heterocycles. The van der Waals surface area contributed by atoms with Crippen molar-refractivity contribution in [2.75, 3.05) is 0 Å². The summed E-state index contributed by atoms with van der Waals surface area (Å²) in [6, 6.07) is 12.4. The maximum atomic E-state index is 14.8. The molecule has 0 aliphatic rings. The summed E-state index contributed by atoms with van der Waals surface area (Å²) in [4.78, 5) is 0. The van der Waals surface area contributed by atoms with Gasteiger partial charge in [-0.15, -0.1) is 0 Å². The van der Waals surface area contributed by atoms with Gasteiger partial charge in [0.2, 0.25) is 11.5 Å². The topological polar surface area (TPSA) is 66.0 Å². The number of hydrogen-bond acceptors (Lipinski definition) is 4. The van der Waals surface area contributed by atoms with Gasteiger partial charge in [-0.3, -0.25) is 0 Å². The summed E-state index contributed by atoms with van der Waals surface area (Å²) >= 11 is 0. The van der Waals surface area contributed by atoms with E-state index in [9.17, 15) is 17.6 Å². The highest BCUT2D eigenvalue weighted by Crippen LogP contribution is 2.43. The lowest BCUT2D eigenvalue weighted by Gasteiger charge is -2.16. The number of nitriles is 2. The molecule has 0 heterocycles. The minimum absolute atomic E-state index is 0.493.